The normalized spacial score (nSPS) is 11.2. The molecule has 0 atom stereocenters. The van der Waals surface area contributed by atoms with Gasteiger partial charge in [0.25, 0.3) is 5.91 Å². The Balaban J connectivity index is 2.23. The van der Waals surface area contributed by atoms with Crippen LogP contribution in [-0.2, 0) is 11.4 Å². The molecule has 0 unspecified atom stereocenters. The highest BCUT2D eigenvalue weighted by Gasteiger charge is 2.13. The largest absolute Gasteiger partial charge is 0.486 e. The second-order valence-corrected chi connectivity index (χ2v) is 7.66. The standard InChI is InChI=1S/C20H17BrCl2N2O2/c1-12(2)25-20(26)15(10-24)7-13-8-16(21)19(18(23)9-13)27-11-14-5-3-4-6-17(14)22/h3-9,12H,11H2,1-2H3,(H,25,26)/b15-7-. The van der Waals surface area contributed by atoms with Crippen molar-refractivity contribution in [2.24, 2.45) is 0 Å². The monoisotopic (exact) mass is 466 g/mol. The number of rotatable bonds is 6. The van der Waals surface area contributed by atoms with E-state index in [1.807, 2.05) is 38.1 Å². The van der Waals surface area contributed by atoms with Crippen molar-refractivity contribution in [3.8, 4) is 11.8 Å². The fourth-order valence-electron chi connectivity index (χ4n) is 2.22. The third kappa shape index (κ3) is 6.00. The number of ether oxygens (including phenoxy) is 1. The van der Waals surface area contributed by atoms with Gasteiger partial charge in [-0.05, 0) is 59.6 Å². The van der Waals surface area contributed by atoms with Gasteiger partial charge in [-0.25, -0.2) is 0 Å². The van der Waals surface area contributed by atoms with Crippen LogP contribution >= 0.6 is 39.1 Å². The lowest BCUT2D eigenvalue weighted by Gasteiger charge is -2.12. The van der Waals surface area contributed by atoms with Crippen LogP contribution in [0.4, 0.5) is 0 Å². The number of nitrogens with zero attached hydrogens (tertiary/aromatic N) is 1. The summed E-state index contributed by atoms with van der Waals surface area (Å²) in [5, 5.41) is 12.9. The van der Waals surface area contributed by atoms with Gasteiger partial charge in [0.15, 0.2) is 5.75 Å². The molecule has 0 heterocycles. The molecule has 4 nitrogen and oxygen atoms in total. The maximum atomic E-state index is 12.0. The van der Waals surface area contributed by atoms with Gasteiger partial charge in [0.1, 0.15) is 18.2 Å². The minimum absolute atomic E-state index is 0.00333. The van der Waals surface area contributed by atoms with Gasteiger partial charge in [-0.2, -0.15) is 5.26 Å². The molecule has 7 heteroatoms. The van der Waals surface area contributed by atoms with E-state index in [-0.39, 0.29) is 18.2 Å². The number of nitriles is 1. The number of carbonyl (C=O) groups is 1. The average molecular weight is 468 g/mol. The molecule has 0 saturated carbocycles. The average Bonchev–Trinajstić information content (AvgIpc) is 2.59. The molecule has 0 aliphatic heterocycles. The Kier molecular flexibility index (Phi) is 7.73. The molecule has 1 N–H and O–H groups in total. The van der Waals surface area contributed by atoms with Crippen LogP contribution in [0, 0.1) is 11.3 Å². The number of nitrogens with one attached hydrogen (secondary N) is 1. The number of hydrogen-bond donors (Lipinski definition) is 1. The second-order valence-electron chi connectivity index (χ2n) is 5.99. The van der Waals surface area contributed by atoms with Gasteiger partial charge >= 0.3 is 0 Å². The van der Waals surface area contributed by atoms with Gasteiger partial charge in [-0.3, -0.25) is 4.79 Å². The second kappa shape index (κ2) is 9.80. The smallest absolute Gasteiger partial charge is 0.262 e. The zero-order chi connectivity index (χ0) is 20.0. The summed E-state index contributed by atoms with van der Waals surface area (Å²) in [4.78, 5) is 12.0. The third-order valence-corrected chi connectivity index (χ3v) is 4.68. The molecule has 1 amide bonds. The van der Waals surface area contributed by atoms with Crippen molar-refractivity contribution in [2.75, 3.05) is 0 Å². The molecule has 0 fully saturated rings. The van der Waals surface area contributed by atoms with Crippen molar-refractivity contribution < 1.29 is 9.53 Å². The van der Waals surface area contributed by atoms with Crippen LogP contribution < -0.4 is 10.1 Å². The summed E-state index contributed by atoms with van der Waals surface area (Å²) in [5.41, 5.74) is 1.44. The first kappa shape index (κ1) is 21.3. The maximum Gasteiger partial charge on any atom is 0.262 e. The third-order valence-electron chi connectivity index (χ3n) is 3.45. The van der Waals surface area contributed by atoms with Crippen LogP contribution in [0.1, 0.15) is 25.0 Å². The summed E-state index contributed by atoms with van der Waals surface area (Å²) in [5.74, 6) is 0.0256. The molecule has 0 spiro atoms. The number of halogens is 3. The van der Waals surface area contributed by atoms with Crippen LogP contribution in [0.5, 0.6) is 5.75 Å². The van der Waals surface area contributed by atoms with Gasteiger partial charge in [-0.15, -0.1) is 0 Å². The van der Waals surface area contributed by atoms with Crippen LogP contribution in [0.25, 0.3) is 6.08 Å². The lowest BCUT2D eigenvalue weighted by Crippen LogP contribution is -2.30. The fourth-order valence-corrected chi connectivity index (χ4v) is 3.40. The highest BCUT2D eigenvalue weighted by molar-refractivity contribution is 9.10. The van der Waals surface area contributed by atoms with E-state index in [1.165, 1.54) is 6.08 Å². The predicted molar refractivity (Wildman–Crippen MR) is 112 cm³/mol. The van der Waals surface area contributed by atoms with E-state index in [2.05, 4.69) is 21.2 Å². The minimum atomic E-state index is -0.432. The Morgan fingerprint density at radius 3 is 2.59 bits per heavy atom. The first-order valence-electron chi connectivity index (χ1n) is 8.09. The van der Waals surface area contributed by atoms with Crippen molar-refractivity contribution in [3.05, 3.63) is 67.6 Å². The SMILES string of the molecule is CC(C)NC(=O)/C(C#N)=C\c1cc(Cl)c(OCc2ccccc2Cl)c(Br)c1. The summed E-state index contributed by atoms with van der Waals surface area (Å²) in [7, 11) is 0. The lowest BCUT2D eigenvalue weighted by molar-refractivity contribution is -0.117. The Morgan fingerprint density at radius 2 is 2.00 bits per heavy atom. The lowest BCUT2D eigenvalue weighted by atomic mass is 10.1. The van der Waals surface area contributed by atoms with E-state index < -0.39 is 5.91 Å². The van der Waals surface area contributed by atoms with Crippen LogP contribution in [-0.4, -0.2) is 11.9 Å². The zero-order valence-electron chi connectivity index (χ0n) is 14.7. The molecule has 2 aromatic carbocycles. The molecule has 0 bridgehead atoms. The van der Waals surface area contributed by atoms with Crippen LogP contribution in [0.2, 0.25) is 10.0 Å². The van der Waals surface area contributed by atoms with Crippen LogP contribution in [0.15, 0.2) is 46.4 Å². The van der Waals surface area contributed by atoms with Crippen molar-refractivity contribution in [2.45, 2.75) is 26.5 Å². The van der Waals surface area contributed by atoms with E-state index in [0.29, 0.717) is 25.8 Å². The molecular formula is C20H17BrCl2N2O2. The first-order valence-corrected chi connectivity index (χ1v) is 9.64. The quantitative estimate of drug-likeness (QED) is 0.433. The van der Waals surface area contributed by atoms with Crippen molar-refractivity contribution in [1.29, 1.82) is 5.26 Å². The summed E-state index contributed by atoms with van der Waals surface area (Å²) in [6.45, 7) is 3.91. The molecule has 0 aliphatic rings. The Hall–Kier alpha value is -2.00. The summed E-state index contributed by atoms with van der Waals surface area (Å²) >= 11 is 15.9. The molecule has 140 valence electrons. The molecule has 0 aromatic heterocycles. The Morgan fingerprint density at radius 1 is 1.30 bits per heavy atom. The van der Waals surface area contributed by atoms with E-state index in [0.717, 1.165) is 5.56 Å². The Bertz CT molecular complexity index is 897. The highest BCUT2D eigenvalue weighted by Crippen LogP contribution is 2.36. The zero-order valence-corrected chi connectivity index (χ0v) is 17.8. The molecule has 0 saturated heterocycles. The maximum absolute atomic E-state index is 12.0. The minimum Gasteiger partial charge on any atom is -0.486 e. The molecule has 2 aromatic rings. The number of hydrogen-bond acceptors (Lipinski definition) is 3. The van der Waals surface area contributed by atoms with Gasteiger partial charge in [0.2, 0.25) is 0 Å². The molecule has 27 heavy (non-hydrogen) atoms. The predicted octanol–water partition coefficient (Wildman–Crippen LogP) is 5.77. The van der Waals surface area contributed by atoms with Crippen molar-refractivity contribution >= 4 is 51.1 Å². The van der Waals surface area contributed by atoms with Crippen LogP contribution in [0.3, 0.4) is 0 Å². The van der Waals surface area contributed by atoms with E-state index in [9.17, 15) is 10.1 Å². The summed E-state index contributed by atoms with van der Waals surface area (Å²) in [6.07, 6.45) is 1.48. The summed E-state index contributed by atoms with van der Waals surface area (Å²) in [6, 6.07) is 12.6. The number of carbonyl (C=O) groups excluding carboxylic acids is 1. The number of amides is 1. The van der Waals surface area contributed by atoms with Gasteiger partial charge < -0.3 is 10.1 Å². The van der Waals surface area contributed by atoms with E-state index in [1.54, 1.807) is 18.2 Å². The molecule has 0 radical (unpaired) electrons. The Labute approximate surface area is 176 Å². The molecule has 2 rings (SSSR count). The summed E-state index contributed by atoms with van der Waals surface area (Å²) < 4.78 is 6.40. The first-order chi connectivity index (χ1) is 12.8. The van der Waals surface area contributed by atoms with E-state index in [4.69, 9.17) is 27.9 Å². The molecule has 0 aliphatic carbocycles. The van der Waals surface area contributed by atoms with E-state index >= 15 is 0 Å². The topological polar surface area (TPSA) is 62.1 Å². The van der Waals surface area contributed by atoms with Gasteiger partial charge in [0.05, 0.1) is 9.50 Å². The van der Waals surface area contributed by atoms with Gasteiger partial charge in [0, 0.05) is 16.6 Å². The van der Waals surface area contributed by atoms with Crippen molar-refractivity contribution in [3.63, 3.8) is 0 Å². The molecular weight excluding hydrogens is 451 g/mol. The van der Waals surface area contributed by atoms with Gasteiger partial charge in [-0.1, -0.05) is 41.4 Å². The highest BCUT2D eigenvalue weighted by atomic mass is 79.9. The van der Waals surface area contributed by atoms with Crippen molar-refractivity contribution in [1.82, 2.24) is 5.32 Å². The number of benzene rings is 2. The fraction of sp³-hybridized carbons (Fsp3) is 0.200.